The molecule has 7 heteroatoms. The van der Waals surface area contributed by atoms with Crippen molar-refractivity contribution < 1.29 is 4.79 Å². The molecule has 2 aromatic rings. The largest absolute Gasteiger partial charge is 0.357 e. The number of rotatable bonds is 8. The third-order valence-corrected chi connectivity index (χ3v) is 5.91. The standard InChI is InChI=1S/C22H30N4OS.HI/c1-3-23-22(25(2)14-12-20-10-7-15-28-20)24-13-6-11-21(27)26-16-18-8-4-5-9-19(18)17-26;/h4-5,7-10,15H,3,6,11-14,16-17H2,1-2H3,(H,23,24);1H. The van der Waals surface area contributed by atoms with Crippen LogP contribution in [0.5, 0.6) is 0 Å². The Hall–Kier alpha value is -1.61. The first-order chi connectivity index (χ1) is 13.7. The molecule has 0 radical (unpaired) electrons. The number of guanidine groups is 1. The molecule has 2 heterocycles. The fourth-order valence-corrected chi connectivity index (χ4v) is 4.09. The molecule has 3 rings (SSSR count). The SMILES string of the molecule is CCNC(=NCCCC(=O)N1Cc2ccccc2C1)N(C)CCc1cccs1.I. The minimum Gasteiger partial charge on any atom is -0.357 e. The lowest BCUT2D eigenvalue weighted by Gasteiger charge is -2.22. The van der Waals surface area contributed by atoms with Gasteiger partial charge in [-0.15, -0.1) is 35.3 Å². The van der Waals surface area contributed by atoms with Crippen molar-refractivity contribution in [2.24, 2.45) is 4.99 Å². The van der Waals surface area contributed by atoms with Gasteiger partial charge in [-0.3, -0.25) is 9.79 Å². The van der Waals surface area contributed by atoms with Crippen molar-refractivity contribution in [3.05, 3.63) is 57.8 Å². The van der Waals surface area contributed by atoms with Gasteiger partial charge < -0.3 is 15.1 Å². The van der Waals surface area contributed by atoms with Crippen molar-refractivity contribution in [2.45, 2.75) is 39.3 Å². The highest BCUT2D eigenvalue weighted by atomic mass is 127. The van der Waals surface area contributed by atoms with Crippen molar-refractivity contribution in [3.8, 4) is 0 Å². The summed E-state index contributed by atoms with van der Waals surface area (Å²) in [4.78, 5) is 22.7. The topological polar surface area (TPSA) is 47.9 Å². The van der Waals surface area contributed by atoms with Gasteiger partial charge in [-0.05, 0) is 42.3 Å². The van der Waals surface area contributed by atoms with Crippen molar-refractivity contribution >= 4 is 47.2 Å². The van der Waals surface area contributed by atoms with Crippen molar-refractivity contribution in [3.63, 3.8) is 0 Å². The molecular weight excluding hydrogens is 495 g/mol. The third kappa shape index (κ3) is 6.99. The predicted molar refractivity (Wildman–Crippen MR) is 132 cm³/mol. The Morgan fingerprint density at radius 1 is 1.21 bits per heavy atom. The van der Waals surface area contributed by atoms with E-state index in [9.17, 15) is 4.79 Å². The van der Waals surface area contributed by atoms with E-state index in [1.54, 1.807) is 11.3 Å². The van der Waals surface area contributed by atoms with Crippen LogP contribution in [0.3, 0.4) is 0 Å². The number of nitrogens with one attached hydrogen (secondary N) is 1. The van der Waals surface area contributed by atoms with Gasteiger partial charge in [0.2, 0.25) is 5.91 Å². The van der Waals surface area contributed by atoms with E-state index in [4.69, 9.17) is 4.99 Å². The lowest BCUT2D eigenvalue weighted by Crippen LogP contribution is -2.40. The number of thiophene rings is 1. The Bertz CT molecular complexity index is 769. The number of hydrogen-bond acceptors (Lipinski definition) is 3. The minimum atomic E-state index is 0. The summed E-state index contributed by atoms with van der Waals surface area (Å²) in [5, 5.41) is 5.47. The second kappa shape index (κ2) is 12.2. The number of carbonyl (C=O) groups excluding carboxylic acids is 1. The molecule has 0 unspecified atom stereocenters. The maximum Gasteiger partial charge on any atom is 0.223 e. The smallest absolute Gasteiger partial charge is 0.223 e. The molecular formula is C22H31IN4OS. The summed E-state index contributed by atoms with van der Waals surface area (Å²) in [6.07, 6.45) is 2.35. The number of benzene rings is 1. The van der Waals surface area contributed by atoms with Gasteiger partial charge in [-0.1, -0.05) is 30.3 Å². The summed E-state index contributed by atoms with van der Waals surface area (Å²) in [5.41, 5.74) is 2.55. The van der Waals surface area contributed by atoms with E-state index in [0.717, 1.165) is 45.0 Å². The van der Waals surface area contributed by atoms with Gasteiger partial charge in [0.1, 0.15) is 0 Å². The van der Waals surface area contributed by atoms with E-state index < -0.39 is 0 Å². The van der Waals surface area contributed by atoms with E-state index in [1.807, 2.05) is 17.0 Å². The number of fused-ring (bicyclic) bond motifs is 1. The molecule has 0 aliphatic carbocycles. The Kier molecular flexibility index (Phi) is 9.93. The van der Waals surface area contributed by atoms with Gasteiger partial charge in [0, 0.05) is 51.1 Å². The first kappa shape index (κ1) is 23.7. The summed E-state index contributed by atoms with van der Waals surface area (Å²) in [6.45, 7) is 6.00. The number of halogens is 1. The van der Waals surface area contributed by atoms with Gasteiger partial charge in [0.05, 0.1) is 0 Å². The summed E-state index contributed by atoms with van der Waals surface area (Å²) in [6, 6.07) is 12.6. The number of likely N-dealkylation sites (N-methyl/N-ethyl adjacent to an activating group) is 1. The highest BCUT2D eigenvalue weighted by Crippen LogP contribution is 2.22. The molecule has 1 aliphatic heterocycles. The van der Waals surface area contributed by atoms with Crippen LogP contribution in [0.15, 0.2) is 46.8 Å². The molecule has 0 spiro atoms. The van der Waals surface area contributed by atoms with Gasteiger partial charge in [-0.2, -0.15) is 0 Å². The predicted octanol–water partition coefficient (Wildman–Crippen LogP) is 4.13. The van der Waals surface area contributed by atoms with E-state index >= 15 is 0 Å². The van der Waals surface area contributed by atoms with Crippen molar-refractivity contribution in [1.29, 1.82) is 0 Å². The van der Waals surface area contributed by atoms with Crippen molar-refractivity contribution in [1.82, 2.24) is 15.1 Å². The third-order valence-electron chi connectivity index (χ3n) is 4.97. The average Bonchev–Trinajstić information content (AvgIpc) is 3.37. The maximum atomic E-state index is 12.5. The molecule has 1 aromatic heterocycles. The highest BCUT2D eigenvalue weighted by Gasteiger charge is 2.22. The molecule has 1 N–H and O–H groups in total. The monoisotopic (exact) mass is 526 g/mol. The van der Waals surface area contributed by atoms with Gasteiger partial charge >= 0.3 is 0 Å². The quantitative estimate of drug-likeness (QED) is 0.244. The summed E-state index contributed by atoms with van der Waals surface area (Å²) in [5.74, 6) is 1.14. The normalized spacial score (nSPS) is 13.0. The number of nitrogens with zero attached hydrogens (tertiary/aromatic N) is 3. The second-order valence-electron chi connectivity index (χ2n) is 7.11. The molecule has 158 valence electrons. The first-order valence-corrected chi connectivity index (χ1v) is 10.9. The Labute approximate surface area is 195 Å². The van der Waals surface area contributed by atoms with Crippen molar-refractivity contribution in [2.75, 3.05) is 26.7 Å². The zero-order valence-corrected chi connectivity index (χ0v) is 20.4. The molecule has 5 nitrogen and oxygen atoms in total. The number of hydrogen-bond donors (Lipinski definition) is 1. The number of carbonyl (C=O) groups is 1. The maximum absolute atomic E-state index is 12.5. The molecule has 1 aromatic carbocycles. The molecule has 0 atom stereocenters. The van der Waals surface area contributed by atoms with E-state index in [2.05, 4.69) is 53.8 Å². The first-order valence-electron chi connectivity index (χ1n) is 10.0. The summed E-state index contributed by atoms with van der Waals surface area (Å²) >= 11 is 1.79. The van der Waals surface area contributed by atoms with Crippen LogP contribution in [-0.2, 0) is 24.3 Å². The number of amides is 1. The lowest BCUT2D eigenvalue weighted by molar-refractivity contribution is -0.131. The molecule has 0 saturated heterocycles. The average molecular weight is 526 g/mol. The summed E-state index contributed by atoms with van der Waals surface area (Å²) < 4.78 is 0. The van der Waals surface area contributed by atoms with E-state index in [0.29, 0.717) is 13.0 Å². The summed E-state index contributed by atoms with van der Waals surface area (Å²) in [7, 11) is 2.07. The van der Waals surface area contributed by atoms with E-state index in [1.165, 1.54) is 16.0 Å². The second-order valence-corrected chi connectivity index (χ2v) is 8.14. The fraction of sp³-hybridized carbons (Fsp3) is 0.455. The molecule has 0 bridgehead atoms. The minimum absolute atomic E-state index is 0. The fourth-order valence-electron chi connectivity index (χ4n) is 3.39. The van der Waals surface area contributed by atoms with Crippen LogP contribution in [0, 0.1) is 0 Å². The van der Waals surface area contributed by atoms with Gasteiger partial charge in [0.15, 0.2) is 5.96 Å². The van der Waals surface area contributed by atoms with Crippen LogP contribution in [0.1, 0.15) is 35.8 Å². The lowest BCUT2D eigenvalue weighted by atomic mass is 10.1. The van der Waals surface area contributed by atoms with Crippen LogP contribution in [0.4, 0.5) is 0 Å². The molecule has 1 amide bonds. The Morgan fingerprint density at radius 3 is 2.55 bits per heavy atom. The van der Waals surface area contributed by atoms with E-state index in [-0.39, 0.29) is 29.9 Å². The van der Waals surface area contributed by atoms with Gasteiger partial charge in [0.25, 0.3) is 0 Å². The van der Waals surface area contributed by atoms with Crippen LogP contribution < -0.4 is 5.32 Å². The zero-order valence-electron chi connectivity index (χ0n) is 17.3. The van der Waals surface area contributed by atoms with Crippen LogP contribution in [-0.4, -0.2) is 48.3 Å². The molecule has 1 aliphatic rings. The molecule has 0 saturated carbocycles. The van der Waals surface area contributed by atoms with Crippen LogP contribution in [0.2, 0.25) is 0 Å². The molecule has 29 heavy (non-hydrogen) atoms. The van der Waals surface area contributed by atoms with Crippen LogP contribution in [0.25, 0.3) is 0 Å². The highest BCUT2D eigenvalue weighted by molar-refractivity contribution is 14.0. The zero-order chi connectivity index (χ0) is 19.8. The number of aliphatic imine (C=N–C) groups is 1. The Morgan fingerprint density at radius 2 is 1.93 bits per heavy atom. The Balaban J connectivity index is 0.00000300. The van der Waals surface area contributed by atoms with Gasteiger partial charge in [-0.25, -0.2) is 0 Å². The van der Waals surface area contributed by atoms with Crippen LogP contribution >= 0.6 is 35.3 Å². The molecule has 0 fully saturated rings.